The maximum atomic E-state index is 12.7. The smallest absolute Gasteiger partial charge is 0.326 e. The van der Waals surface area contributed by atoms with Gasteiger partial charge in [0.05, 0.1) is 4.91 Å². The van der Waals surface area contributed by atoms with Crippen LogP contribution in [0, 0.1) is 5.92 Å². The van der Waals surface area contributed by atoms with E-state index in [1.165, 1.54) is 4.90 Å². The third-order valence-corrected chi connectivity index (χ3v) is 5.15. The molecule has 134 valence electrons. The van der Waals surface area contributed by atoms with Crippen LogP contribution in [0.25, 0.3) is 6.08 Å². The molecule has 0 spiro atoms. The van der Waals surface area contributed by atoms with Crippen molar-refractivity contribution < 1.29 is 14.7 Å². The van der Waals surface area contributed by atoms with Crippen LogP contribution in [0.5, 0.6) is 0 Å². The Kier molecular flexibility index (Phi) is 6.24. The van der Waals surface area contributed by atoms with E-state index in [1.54, 1.807) is 6.08 Å². The maximum Gasteiger partial charge on any atom is 0.326 e. The lowest BCUT2D eigenvalue weighted by Gasteiger charge is -2.24. The second kappa shape index (κ2) is 8.01. The predicted molar refractivity (Wildman–Crippen MR) is 107 cm³/mol. The number of amides is 1. The molecule has 1 amide bonds. The quantitative estimate of drug-likeness (QED) is 0.604. The number of hydrogen-bond acceptors (Lipinski definition) is 5. The molecule has 1 aromatic carbocycles. The zero-order valence-electron chi connectivity index (χ0n) is 14.7. The summed E-state index contributed by atoms with van der Waals surface area (Å²) in [5, 5.41) is 9.49. The van der Waals surface area contributed by atoms with Gasteiger partial charge in [-0.2, -0.15) is 0 Å². The van der Waals surface area contributed by atoms with E-state index in [9.17, 15) is 14.7 Å². The molecule has 0 saturated carbocycles. The van der Waals surface area contributed by atoms with Gasteiger partial charge in [0, 0.05) is 19.8 Å². The summed E-state index contributed by atoms with van der Waals surface area (Å²) < 4.78 is 0.300. The highest BCUT2D eigenvalue weighted by molar-refractivity contribution is 8.26. The van der Waals surface area contributed by atoms with Crippen molar-refractivity contribution in [2.75, 3.05) is 19.0 Å². The van der Waals surface area contributed by atoms with Gasteiger partial charge >= 0.3 is 5.97 Å². The molecule has 0 radical (unpaired) electrons. The molecule has 1 aliphatic heterocycles. The molecular weight excluding hydrogens is 356 g/mol. The molecule has 25 heavy (non-hydrogen) atoms. The van der Waals surface area contributed by atoms with E-state index in [1.807, 2.05) is 57.1 Å². The van der Waals surface area contributed by atoms with Crippen molar-refractivity contribution in [2.24, 2.45) is 5.92 Å². The SMILES string of the molecule is CC(C)CC(C(=O)O)N1C(=O)C(=Cc2ccc(N(C)C)cc2)SC1=S. The molecule has 1 heterocycles. The number of aliphatic carboxylic acids is 1. The van der Waals surface area contributed by atoms with Gasteiger partial charge in [-0.05, 0) is 36.1 Å². The first-order chi connectivity index (χ1) is 11.7. The van der Waals surface area contributed by atoms with Crippen LogP contribution < -0.4 is 4.90 Å². The number of thiocarbonyl (C=S) groups is 1. The van der Waals surface area contributed by atoms with E-state index < -0.39 is 12.0 Å². The van der Waals surface area contributed by atoms with Gasteiger partial charge in [-0.1, -0.05) is 50.0 Å². The summed E-state index contributed by atoms with van der Waals surface area (Å²) in [6.45, 7) is 3.85. The van der Waals surface area contributed by atoms with Gasteiger partial charge in [-0.3, -0.25) is 9.69 Å². The third-order valence-electron chi connectivity index (χ3n) is 3.82. The largest absolute Gasteiger partial charge is 0.480 e. The molecule has 1 N–H and O–H groups in total. The topological polar surface area (TPSA) is 60.9 Å². The number of carbonyl (C=O) groups is 2. The first kappa shape index (κ1) is 19.5. The summed E-state index contributed by atoms with van der Waals surface area (Å²) in [6, 6.07) is 6.85. The Labute approximate surface area is 157 Å². The van der Waals surface area contributed by atoms with Crippen LogP contribution >= 0.6 is 24.0 Å². The molecule has 1 saturated heterocycles. The van der Waals surface area contributed by atoms with Gasteiger partial charge in [0.15, 0.2) is 0 Å². The maximum absolute atomic E-state index is 12.7. The monoisotopic (exact) mass is 378 g/mol. The highest BCUT2D eigenvalue weighted by Gasteiger charge is 2.40. The lowest BCUT2D eigenvalue weighted by Crippen LogP contribution is -2.44. The van der Waals surface area contributed by atoms with Crippen LogP contribution in [0.15, 0.2) is 29.2 Å². The van der Waals surface area contributed by atoms with Crippen molar-refractivity contribution in [1.82, 2.24) is 4.90 Å². The molecule has 1 aromatic rings. The minimum atomic E-state index is -1.03. The van der Waals surface area contributed by atoms with Crippen LogP contribution in [-0.2, 0) is 9.59 Å². The molecule has 0 aliphatic carbocycles. The van der Waals surface area contributed by atoms with E-state index in [0.29, 0.717) is 15.6 Å². The molecule has 2 rings (SSSR count). The first-order valence-corrected chi connectivity index (χ1v) is 9.20. The fourth-order valence-corrected chi connectivity index (χ4v) is 3.89. The van der Waals surface area contributed by atoms with Crippen LogP contribution in [-0.4, -0.2) is 46.3 Å². The Bertz CT molecular complexity index is 712. The third kappa shape index (κ3) is 4.61. The van der Waals surface area contributed by atoms with Crippen LogP contribution in [0.4, 0.5) is 5.69 Å². The molecule has 1 fully saturated rings. The molecule has 1 aliphatic rings. The van der Waals surface area contributed by atoms with Crippen LogP contribution in [0.1, 0.15) is 25.8 Å². The lowest BCUT2D eigenvalue weighted by molar-refractivity contribution is -0.145. The Morgan fingerprint density at radius 3 is 2.40 bits per heavy atom. The van der Waals surface area contributed by atoms with Crippen molar-refractivity contribution >= 4 is 51.9 Å². The van der Waals surface area contributed by atoms with Crippen molar-refractivity contribution in [3.63, 3.8) is 0 Å². The average Bonchev–Trinajstić information content (AvgIpc) is 2.79. The minimum absolute atomic E-state index is 0.147. The summed E-state index contributed by atoms with van der Waals surface area (Å²) in [6.07, 6.45) is 2.12. The van der Waals surface area contributed by atoms with Gasteiger partial charge in [0.25, 0.3) is 5.91 Å². The number of rotatable bonds is 6. The fourth-order valence-electron chi connectivity index (χ4n) is 2.53. The zero-order valence-corrected chi connectivity index (χ0v) is 16.4. The van der Waals surface area contributed by atoms with Gasteiger partial charge in [0.2, 0.25) is 0 Å². The second-order valence-corrected chi connectivity index (χ2v) is 8.20. The van der Waals surface area contributed by atoms with E-state index in [0.717, 1.165) is 23.0 Å². The summed E-state index contributed by atoms with van der Waals surface area (Å²) in [4.78, 5) is 28.0. The Hall–Kier alpha value is -1.86. The van der Waals surface area contributed by atoms with E-state index in [-0.39, 0.29) is 11.8 Å². The molecule has 0 bridgehead atoms. The Balaban J connectivity index is 2.26. The van der Waals surface area contributed by atoms with Gasteiger partial charge in [0.1, 0.15) is 10.4 Å². The lowest BCUT2D eigenvalue weighted by atomic mass is 10.0. The number of carboxylic acids is 1. The number of carboxylic acid groups (broad SMARTS) is 1. The molecule has 5 nitrogen and oxygen atoms in total. The zero-order chi connectivity index (χ0) is 18.7. The highest BCUT2D eigenvalue weighted by Crippen LogP contribution is 2.35. The van der Waals surface area contributed by atoms with Crippen molar-refractivity contribution in [3.05, 3.63) is 34.7 Å². The summed E-state index contributed by atoms with van der Waals surface area (Å²) in [7, 11) is 3.92. The van der Waals surface area contributed by atoms with E-state index in [4.69, 9.17) is 12.2 Å². The molecule has 1 unspecified atom stereocenters. The van der Waals surface area contributed by atoms with Crippen molar-refractivity contribution in [3.8, 4) is 0 Å². The van der Waals surface area contributed by atoms with Crippen molar-refractivity contribution in [2.45, 2.75) is 26.3 Å². The normalized spacial score (nSPS) is 17.5. The molecular formula is C18H22N2O3S2. The fraction of sp³-hybridized carbons (Fsp3) is 0.389. The van der Waals surface area contributed by atoms with Gasteiger partial charge in [-0.15, -0.1) is 0 Å². The summed E-state index contributed by atoms with van der Waals surface area (Å²) in [5.41, 5.74) is 1.94. The standard InChI is InChI=1S/C18H22N2O3S2/c1-11(2)9-14(17(22)23)20-16(21)15(25-18(20)24)10-12-5-7-13(8-6-12)19(3)4/h5-8,10-11,14H,9H2,1-4H3,(H,22,23). The highest BCUT2D eigenvalue weighted by atomic mass is 32.2. The molecule has 0 aromatic heterocycles. The van der Waals surface area contributed by atoms with Gasteiger partial charge < -0.3 is 10.0 Å². The Morgan fingerprint density at radius 1 is 1.32 bits per heavy atom. The number of thioether (sulfide) groups is 1. The number of nitrogens with zero attached hydrogens (tertiary/aromatic N) is 2. The van der Waals surface area contributed by atoms with Crippen LogP contribution in [0.3, 0.4) is 0 Å². The molecule has 7 heteroatoms. The average molecular weight is 379 g/mol. The number of anilines is 1. The molecule has 1 atom stereocenters. The second-order valence-electron chi connectivity index (χ2n) is 6.52. The predicted octanol–water partition coefficient (Wildman–Crippen LogP) is 3.45. The Morgan fingerprint density at radius 2 is 1.92 bits per heavy atom. The van der Waals surface area contributed by atoms with E-state index >= 15 is 0 Å². The van der Waals surface area contributed by atoms with Gasteiger partial charge in [-0.25, -0.2) is 4.79 Å². The minimum Gasteiger partial charge on any atom is -0.480 e. The number of benzene rings is 1. The number of carbonyl (C=O) groups excluding carboxylic acids is 1. The number of hydrogen-bond donors (Lipinski definition) is 1. The van der Waals surface area contributed by atoms with Crippen molar-refractivity contribution in [1.29, 1.82) is 0 Å². The van der Waals surface area contributed by atoms with E-state index in [2.05, 4.69) is 0 Å². The first-order valence-electron chi connectivity index (χ1n) is 7.98. The summed E-state index contributed by atoms with van der Waals surface area (Å²) in [5.74, 6) is -1.21. The summed E-state index contributed by atoms with van der Waals surface area (Å²) >= 11 is 6.43. The van der Waals surface area contributed by atoms with Crippen LogP contribution in [0.2, 0.25) is 0 Å².